The Morgan fingerprint density at radius 2 is 1.88 bits per heavy atom. The average Bonchev–Trinajstić information content (AvgIpc) is 2.61. The van der Waals surface area contributed by atoms with Crippen molar-refractivity contribution in [2.45, 2.75) is 6.42 Å². The lowest BCUT2D eigenvalue weighted by Crippen LogP contribution is -2.24. The van der Waals surface area contributed by atoms with Gasteiger partial charge in [-0.25, -0.2) is 5.43 Å². The van der Waals surface area contributed by atoms with E-state index in [1.54, 1.807) is 13.2 Å². The van der Waals surface area contributed by atoms with Gasteiger partial charge >= 0.3 is 0 Å². The molecule has 1 N–H and O–H groups in total. The number of para-hydroxylation sites is 2. The summed E-state index contributed by atoms with van der Waals surface area (Å²) in [4.78, 5) is 11.8. The number of benzene rings is 2. The van der Waals surface area contributed by atoms with Crippen LogP contribution in [0.25, 0.3) is 0 Å². The molecule has 0 aliphatic heterocycles. The van der Waals surface area contributed by atoms with Crippen LogP contribution in [0.5, 0.6) is 11.5 Å². The van der Waals surface area contributed by atoms with Crippen LogP contribution in [0.15, 0.2) is 66.3 Å². The molecule has 0 saturated carbocycles. The molecule has 5 nitrogen and oxygen atoms in total. The zero-order valence-corrected chi connectivity index (χ0v) is 13.6. The molecule has 2 aromatic carbocycles. The highest BCUT2D eigenvalue weighted by Crippen LogP contribution is 2.18. The molecule has 0 atom stereocenters. The zero-order chi connectivity index (χ0) is 17.2. The third kappa shape index (κ3) is 4.98. The predicted octanol–water partition coefficient (Wildman–Crippen LogP) is 2.95. The first-order valence-electron chi connectivity index (χ1n) is 7.51. The Kier molecular flexibility index (Phi) is 6.58. The summed E-state index contributed by atoms with van der Waals surface area (Å²) in [7, 11) is 1.58. The van der Waals surface area contributed by atoms with Crippen LogP contribution in [0.3, 0.4) is 0 Å². The van der Waals surface area contributed by atoms with E-state index in [0.29, 0.717) is 17.9 Å². The Labute approximate surface area is 141 Å². The number of carbonyl (C=O) groups excluding carboxylic acids is 1. The summed E-state index contributed by atoms with van der Waals surface area (Å²) in [6.07, 6.45) is 4.01. The Bertz CT molecular complexity index is 726. The van der Waals surface area contributed by atoms with E-state index in [2.05, 4.69) is 17.1 Å². The smallest absolute Gasteiger partial charge is 0.277 e. The Balaban J connectivity index is 1.88. The molecule has 0 spiro atoms. The third-order valence-corrected chi connectivity index (χ3v) is 3.23. The van der Waals surface area contributed by atoms with Crippen molar-refractivity contribution in [3.05, 3.63) is 72.3 Å². The number of amides is 1. The SMILES string of the molecule is C=CCc1ccccc1OCC(=O)N/N=C\c1ccccc1OC. The topological polar surface area (TPSA) is 59.9 Å². The highest BCUT2D eigenvalue weighted by molar-refractivity contribution is 5.85. The van der Waals surface area contributed by atoms with Crippen LogP contribution in [-0.4, -0.2) is 25.8 Å². The molecule has 5 heteroatoms. The molecule has 0 bridgehead atoms. The van der Waals surface area contributed by atoms with E-state index < -0.39 is 0 Å². The van der Waals surface area contributed by atoms with Crippen molar-refractivity contribution < 1.29 is 14.3 Å². The van der Waals surface area contributed by atoms with Crippen LogP contribution in [0, 0.1) is 0 Å². The molecule has 124 valence electrons. The van der Waals surface area contributed by atoms with Crippen molar-refractivity contribution in [1.29, 1.82) is 0 Å². The van der Waals surface area contributed by atoms with Gasteiger partial charge in [-0.2, -0.15) is 5.10 Å². The molecule has 24 heavy (non-hydrogen) atoms. The second kappa shape index (κ2) is 9.15. The first kappa shape index (κ1) is 17.3. The maximum Gasteiger partial charge on any atom is 0.277 e. The molecular weight excluding hydrogens is 304 g/mol. The maximum atomic E-state index is 11.8. The molecule has 0 unspecified atom stereocenters. The van der Waals surface area contributed by atoms with Gasteiger partial charge in [-0.05, 0) is 30.2 Å². The van der Waals surface area contributed by atoms with E-state index in [-0.39, 0.29) is 12.5 Å². The van der Waals surface area contributed by atoms with Gasteiger partial charge < -0.3 is 9.47 Å². The largest absolute Gasteiger partial charge is 0.496 e. The highest BCUT2D eigenvalue weighted by atomic mass is 16.5. The van der Waals surface area contributed by atoms with Crippen LogP contribution in [0.4, 0.5) is 0 Å². The molecule has 0 radical (unpaired) electrons. The lowest BCUT2D eigenvalue weighted by molar-refractivity contribution is -0.123. The number of hydrogen-bond donors (Lipinski definition) is 1. The van der Waals surface area contributed by atoms with Crippen molar-refractivity contribution in [1.82, 2.24) is 5.43 Å². The van der Waals surface area contributed by atoms with E-state index in [9.17, 15) is 4.79 Å². The lowest BCUT2D eigenvalue weighted by atomic mass is 10.1. The fourth-order valence-corrected chi connectivity index (χ4v) is 2.09. The minimum absolute atomic E-state index is 0.114. The van der Waals surface area contributed by atoms with Gasteiger partial charge in [0.05, 0.1) is 13.3 Å². The molecule has 0 aliphatic carbocycles. The number of hydrogen-bond acceptors (Lipinski definition) is 4. The minimum Gasteiger partial charge on any atom is -0.496 e. The van der Waals surface area contributed by atoms with Gasteiger partial charge in [0, 0.05) is 5.56 Å². The van der Waals surface area contributed by atoms with Crippen molar-refractivity contribution in [3.63, 3.8) is 0 Å². The number of nitrogens with zero attached hydrogens (tertiary/aromatic N) is 1. The number of rotatable bonds is 8. The van der Waals surface area contributed by atoms with Crippen molar-refractivity contribution >= 4 is 12.1 Å². The monoisotopic (exact) mass is 324 g/mol. The van der Waals surface area contributed by atoms with Crippen LogP contribution >= 0.6 is 0 Å². The van der Waals surface area contributed by atoms with Crippen molar-refractivity contribution in [2.75, 3.05) is 13.7 Å². The van der Waals surface area contributed by atoms with Crippen LogP contribution in [0.1, 0.15) is 11.1 Å². The number of hydrazone groups is 1. The Hall–Kier alpha value is -3.08. The first-order chi connectivity index (χ1) is 11.7. The van der Waals surface area contributed by atoms with E-state index in [1.807, 2.05) is 48.5 Å². The molecule has 0 aliphatic rings. The average molecular weight is 324 g/mol. The molecular formula is C19H20N2O3. The van der Waals surface area contributed by atoms with Gasteiger partial charge in [-0.1, -0.05) is 36.4 Å². The fourth-order valence-electron chi connectivity index (χ4n) is 2.09. The van der Waals surface area contributed by atoms with Crippen molar-refractivity contribution in [3.8, 4) is 11.5 Å². The van der Waals surface area contributed by atoms with Crippen LogP contribution in [-0.2, 0) is 11.2 Å². The summed E-state index contributed by atoms with van der Waals surface area (Å²) in [5, 5.41) is 3.92. The predicted molar refractivity (Wildman–Crippen MR) is 94.6 cm³/mol. The second-order valence-electron chi connectivity index (χ2n) is 4.92. The highest BCUT2D eigenvalue weighted by Gasteiger charge is 2.05. The minimum atomic E-state index is -0.338. The van der Waals surface area contributed by atoms with Gasteiger partial charge in [0.1, 0.15) is 11.5 Å². The Morgan fingerprint density at radius 1 is 1.17 bits per heavy atom. The molecule has 0 heterocycles. The quantitative estimate of drug-likeness (QED) is 0.461. The molecule has 0 fully saturated rings. The fraction of sp³-hybridized carbons (Fsp3) is 0.158. The van der Waals surface area contributed by atoms with Crippen LogP contribution < -0.4 is 14.9 Å². The van der Waals surface area contributed by atoms with Crippen molar-refractivity contribution in [2.24, 2.45) is 5.10 Å². The van der Waals surface area contributed by atoms with E-state index in [0.717, 1.165) is 11.1 Å². The summed E-state index contributed by atoms with van der Waals surface area (Å²) in [5.41, 5.74) is 4.19. The number of methoxy groups -OCH3 is 1. The normalized spacial score (nSPS) is 10.4. The lowest BCUT2D eigenvalue weighted by Gasteiger charge is -2.09. The van der Waals surface area contributed by atoms with Gasteiger partial charge in [-0.15, -0.1) is 6.58 Å². The number of nitrogens with one attached hydrogen (secondary N) is 1. The van der Waals surface area contributed by atoms with Gasteiger partial charge in [-0.3, -0.25) is 4.79 Å². The zero-order valence-electron chi connectivity index (χ0n) is 13.6. The summed E-state index contributed by atoms with van der Waals surface area (Å²) < 4.78 is 10.7. The molecule has 2 rings (SSSR count). The standard InChI is InChI=1S/C19H20N2O3/c1-3-8-15-9-4-7-12-18(15)24-14-19(22)21-20-13-16-10-5-6-11-17(16)23-2/h3-7,9-13H,1,8,14H2,2H3,(H,21,22)/b20-13-. The summed E-state index contributed by atoms with van der Waals surface area (Å²) in [6.45, 7) is 3.60. The van der Waals surface area contributed by atoms with Gasteiger partial charge in [0.25, 0.3) is 5.91 Å². The number of allylic oxidation sites excluding steroid dienone is 1. The first-order valence-corrected chi connectivity index (χ1v) is 7.51. The number of carbonyl (C=O) groups is 1. The van der Waals surface area contributed by atoms with E-state index in [1.165, 1.54) is 6.21 Å². The van der Waals surface area contributed by atoms with Gasteiger partial charge in [0.15, 0.2) is 6.61 Å². The van der Waals surface area contributed by atoms with Crippen LogP contribution in [0.2, 0.25) is 0 Å². The molecule has 0 saturated heterocycles. The summed E-state index contributed by atoms with van der Waals surface area (Å²) in [5.74, 6) is 1.01. The molecule has 1 amide bonds. The maximum absolute atomic E-state index is 11.8. The second-order valence-corrected chi connectivity index (χ2v) is 4.92. The summed E-state index contributed by atoms with van der Waals surface area (Å²) in [6, 6.07) is 14.9. The van der Waals surface area contributed by atoms with E-state index >= 15 is 0 Å². The summed E-state index contributed by atoms with van der Waals surface area (Å²) >= 11 is 0. The molecule has 0 aromatic heterocycles. The molecule has 2 aromatic rings. The van der Waals surface area contributed by atoms with Gasteiger partial charge in [0.2, 0.25) is 0 Å². The van der Waals surface area contributed by atoms with E-state index in [4.69, 9.17) is 9.47 Å². The number of ether oxygens (including phenoxy) is 2. The third-order valence-electron chi connectivity index (χ3n) is 3.23. The Morgan fingerprint density at radius 3 is 2.62 bits per heavy atom.